The number of rotatable bonds is 1. The van der Waals surface area contributed by atoms with Gasteiger partial charge in [-0.25, -0.2) is 0 Å². The van der Waals surface area contributed by atoms with Crippen LogP contribution in [0.1, 0.15) is 19.3 Å². The van der Waals surface area contributed by atoms with E-state index in [4.69, 9.17) is 0 Å². The van der Waals surface area contributed by atoms with Crippen LogP contribution >= 0.6 is 0 Å². The van der Waals surface area contributed by atoms with E-state index in [9.17, 15) is 0 Å². The average molecular weight is 120 g/mol. The smallest absolute Gasteiger partial charge is 0.0273 e. The minimum absolute atomic E-state index is 1.18. The highest BCUT2D eigenvalue weighted by Gasteiger charge is 2.08. The second-order valence-electron chi connectivity index (χ2n) is 2.38. The van der Waals surface area contributed by atoms with Gasteiger partial charge in [-0.2, -0.15) is 0 Å². The van der Waals surface area contributed by atoms with Gasteiger partial charge in [0.15, 0.2) is 0 Å². The lowest BCUT2D eigenvalue weighted by Gasteiger charge is -1.92. The third-order valence-corrected chi connectivity index (χ3v) is 1.70. The van der Waals surface area contributed by atoms with E-state index < -0.39 is 0 Å². The first-order chi connectivity index (χ1) is 4.34. The van der Waals surface area contributed by atoms with Crippen molar-refractivity contribution in [2.75, 3.05) is 0 Å². The van der Waals surface area contributed by atoms with E-state index >= 15 is 0 Å². The normalized spacial score (nSPS) is 23.1. The molecule has 0 spiro atoms. The summed E-state index contributed by atoms with van der Waals surface area (Å²) >= 11 is 0. The molecule has 0 saturated heterocycles. The molecule has 1 aliphatic rings. The Labute approximate surface area is 56.6 Å². The number of hydrogen-bond acceptors (Lipinski definition) is 0. The highest BCUT2D eigenvalue weighted by molar-refractivity contribution is 5.34. The minimum Gasteiger partial charge on any atom is -0.0991 e. The van der Waals surface area contributed by atoms with E-state index in [1.165, 1.54) is 30.4 Å². The van der Waals surface area contributed by atoms with Gasteiger partial charge in [0.1, 0.15) is 0 Å². The highest BCUT2D eigenvalue weighted by Crippen LogP contribution is 2.28. The summed E-state index contributed by atoms with van der Waals surface area (Å²) in [5.74, 6) is 0. The lowest BCUT2D eigenvalue weighted by Crippen LogP contribution is -1.72. The van der Waals surface area contributed by atoms with Crippen LogP contribution in [0.2, 0.25) is 0 Å². The van der Waals surface area contributed by atoms with E-state index in [2.05, 4.69) is 19.2 Å². The molecule has 0 heterocycles. The van der Waals surface area contributed by atoms with E-state index in [-0.39, 0.29) is 0 Å². The summed E-state index contributed by atoms with van der Waals surface area (Å²) in [5.41, 5.74) is 2.69. The Morgan fingerprint density at radius 1 is 1.33 bits per heavy atom. The van der Waals surface area contributed by atoms with Crippen molar-refractivity contribution in [3.63, 3.8) is 0 Å². The molecule has 0 N–H and O–H groups in total. The zero-order chi connectivity index (χ0) is 6.69. The van der Waals surface area contributed by atoms with Gasteiger partial charge in [-0.15, -0.1) is 0 Å². The molecule has 48 valence electrons. The Morgan fingerprint density at radius 2 is 2.11 bits per heavy atom. The molecular formula is C9H12. The predicted molar refractivity (Wildman–Crippen MR) is 41.3 cm³/mol. The lowest BCUT2D eigenvalue weighted by atomic mass is 10.1. The third kappa shape index (κ3) is 1.32. The van der Waals surface area contributed by atoms with Crippen molar-refractivity contribution in [3.8, 4) is 0 Å². The van der Waals surface area contributed by atoms with Crippen LogP contribution in [0, 0.1) is 0 Å². The van der Waals surface area contributed by atoms with Crippen molar-refractivity contribution < 1.29 is 0 Å². The largest absolute Gasteiger partial charge is 0.0991 e. The molecule has 0 bridgehead atoms. The Kier molecular flexibility index (Phi) is 1.88. The fourth-order valence-corrected chi connectivity index (χ4v) is 1.17. The van der Waals surface area contributed by atoms with Gasteiger partial charge in [-0.05, 0) is 24.8 Å². The summed E-state index contributed by atoms with van der Waals surface area (Å²) in [6, 6.07) is 0. The van der Waals surface area contributed by atoms with Crippen molar-refractivity contribution >= 4 is 0 Å². The van der Waals surface area contributed by atoms with Gasteiger partial charge in [0.2, 0.25) is 0 Å². The van der Waals surface area contributed by atoms with E-state index in [0.29, 0.717) is 0 Å². The maximum Gasteiger partial charge on any atom is -0.0273 e. The molecule has 0 aromatic heterocycles. The Hall–Kier alpha value is -0.780. The van der Waals surface area contributed by atoms with E-state index in [1.807, 2.05) is 6.08 Å². The van der Waals surface area contributed by atoms with Crippen LogP contribution in [0.15, 0.2) is 36.5 Å². The zero-order valence-electron chi connectivity index (χ0n) is 5.69. The van der Waals surface area contributed by atoms with Gasteiger partial charge < -0.3 is 0 Å². The summed E-state index contributed by atoms with van der Waals surface area (Å²) < 4.78 is 0. The van der Waals surface area contributed by atoms with Crippen molar-refractivity contribution in [1.82, 2.24) is 0 Å². The summed E-state index contributed by atoms with van der Waals surface area (Å²) in [7, 11) is 0. The first-order valence-electron chi connectivity index (χ1n) is 3.34. The first kappa shape index (κ1) is 6.34. The monoisotopic (exact) mass is 120 g/mol. The highest BCUT2D eigenvalue weighted by atomic mass is 14.1. The zero-order valence-corrected chi connectivity index (χ0v) is 5.69. The Morgan fingerprint density at radius 3 is 2.56 bits per heavy atom. The molecule has 1 fully saturated rings. The Balaban J connectivity index is 2.69. The molecule has 9 heavy (non-hydrogen) atoms. The van der Waals surface area contributed by atoms with E-state index in [1.54, 1.807) is 0 Å². The second-order valence-corrected chi connectivity index (χ2v) is 2.38. The SMILES string of the molecule is C=C/C=C1/CCCC1=C. The molecule has 0 aliphatic heterocycles. The second kappa shape index (κ2) is 2.67. The fraction of sp³-hybridized carbons (Fsp3) is 0.333. The maximum absolute atomic E-state index is 3.94. The number of hydrogen-bond donors (Lipinski definition) is 0. The quantitative estimate of drug-likeness (QED) is 0.499. The summed E-state index contributed by atoms with van der Waals surface area (Å²) in [6.07, 6.45) is 7.56. The summed E-state index contributed by atoms with van der Waals surface area (Å²) in [6.45, 7) is 7.58. The van der Waals surface area contributed by atoms with Crippen LogP contribution in [0.3, 0.4) is 0 Å². The standard InChI is InChI=1S/C9H12/c1-3-5-9-7-4-6-8(9)2/h3,5H,1-2,4,6-7H2/b9-5-. The van der Waals surface area contributed by atoms with Crippen LogP contribution in [-0.2, 0) is 0 Å². The van der Waals surface area contributed by atoms with Crippen molar-refractivity contribution in [1.29, 1.82) is 0 Å². The van der Waals surface area contributed by atoms with Crippen LogP contribution in [0.5, 0.6) is 0 Å². The van der Waals surface area contributed by atoms with Crippen molar-refractivity contribution in [2.45, 2.75) is 19.3 Å². The molecular weight excluding hydrogens is 108 g/mol. The topological polar surface area (TPSA) is 0 Å². The van der Waals surface area contributed by atoms with Crippen LogP contribution in [0.25, 0.3) is 0 Å². The van der Waals surface area contributed by atoms with Gasteiger partial charge in [-0.1, -0.05) is 30.9 Å². The lowest BCUT2D eigenvalue weighted by molar-refractivity contribution is 0.933. The molecule has 0 nitrogen and oxygen atoms in total. The first-order valence-corrected chi connectivity index (χ1v) is 3.34. The maximum atomic E-state index is 3.94. The molecule has 1 saturated carbocycles. The molecule has 0 radical (unpaired) electrons. The van der Waals surface area contributed by atoms with Gasteiger partial charge >= 0.3 is 0 Å². The average Bonchev–Trinajstić information content (AvgIpc) is 2.18. The summed E-state index contributed by atoms with van der Waals surface area (Å²) in [4.78, 5) is 0. The molecule has 0 unspecified atom stereocenters. The predicted octanol–water partition coefficient (Wildman–Crippen LogP) is 2.84. The van der Waals surface area contributed by atoms with Crippen LogP contribution in [-0.4, -0.2) is 0 Å². The molecule has 1 aliphatic carbocycles. The van der Waals surface area contributed by atoms with Crippen LogP contribution < -0.4 is 0 Å². The van der Waals surface area contributed by atoms with Gasteiger partial charge in [0, 0.05) is 0 Å². The van der Waals surface area contributed by atoms with Crippen molar-refractivity contribution in [2.24, 2.45) is 0 Å². The Bertz CT molecular complexity index is 161. The van der Waals surface area contributed by atoms with E-state index in [0.717, 1.165) is 0 Å². The van der Waals surface area contributed by atoms with Crippen molar-refractivity contribution in [3.05, 3.63) is 36.5 Å². The molecule has 0 heteroatoms. The van der Waals surface area contributed by atoms with Crippen LogP contribution in [0.4, 0.5) is 0 Å². The molecule has 0 atom stereocenters. The number of allylic oxidation sites excluding steroid dienone is 4. The third-order valence-electron chi connectivity index (χ3n) is 1.70. The minimum atomic E-state index is 1.18. The molecule has 0 aromatic rings. The fourth-order valence-electron chi connectivity index (χ4n) is 1.17. The summed E-state index contributed by atoms with van der Waals surface area (Å²) in [5, 5.41) is 0. The van der Waals surface area contributed by atoms with Gasteiger partial charge in [0.05, 0.1) is 0 Å². The van der Waals surface area contributed by atoms with Gasteiger partial charge in [0.25, 0.3) is 0 Å². The van der Waals surface area contributed by atoms with Gasteiger partial charge in [-0.3, -0.25) is 0 Å². The molecule has 1 rings (SSSR count). The molecule has 0 aromatic carbocycles. The molecule has 0 amide bonds.